The molecule has 3 atom stereocenters. The minimum atomic E-state index is -0.608. The predicted molar refractivity (Wildman–Crippen MR) is 152 cm³/mol. The van der Waals surface area contributed by atoms with Crippen molar-refractivity contribution in [3.05, 3.63) is 81.2 Å². The van der Waals surface area contributed by atoms with Crippen LogP contribution in [0.1, 0.15) is 61.5 Å². The molecule has 1 unspecified atom stereocenters. The molecule has 0 radical (unpaired) electrons. The molecular formula is C31H29FN4O2S. The number of amides is 1. The Kier molecular flexibility index (Phi) is 6.37. The van der Waals surface area contributed by atoms with E-state index in [9.17, 15) is 19.2 Å². The molecule has 0 spiro atoms. The molecule has 2 bridgehead atoms. The molecule has 4 aromatic rings. The number of nitrogens with two attached hydrogens (primary N) is 1. The summed E-state index contributed by atoms with van der Waals surface area (Å²) in [7, 11) is 0. The van der Waals surface area contributed by atoms with Gasteiger partial charge >= 0.3 is 4.87 Å². The van der Waals surface area contributed by atoms with Crippen LogP contribution in [-0.2, 0) is 0 Å². The number of nitrogens with zero attached hydrogens (tertiary/aromatic N) is 3. The number of carbonyl (C=O) groups is 1. The molecular weight excluding hydrogens is 511 g/mol. The van der Waals surface area contributed by atoms with Gasteiger partial charge in [0.15, 0.2) is 0 Å². The van der Waals surface area contributed by atoms with E-state index in [2.05, 4.69) is 0 Å². The van der Waals surface area contributed by atoms with Gasteiger partial charge in [0, 0.05) is 29.7 Å². The van der Waals surface area contributed by atoms with E-state index in [1.54, 1.807) is 10.6 Å². The maximum atomic E-state index is 14.8. The van der Waals surface area contributed by atoms with Crippen molar-refractivity contribution in [3.8, 4) is 28.3 Å². The number of hydrogen-bond donors (Lipinski definition) is 1. The molecule has 2 saturated heterocycles. The van der Waals surface area contributed by atoms with E-state index < -0.39 is 5.82 Å². The smallest absolute Gasteiger partial charge is 0.308 e. The second-order valence-corrected chi connectivity index (χ2v) is 11.9. The van der Waals surface area contributed by atoms with Crippen LogP contribution in [0.15, 0.2) is 59.4 Å². The van der Waals surface area contributed by atoms with Crippen molar-refractivity contribution < 1.29 is 9.18 Å². The molecule has 3 heterocycles. The van der Waals surface area contributed by atoms with E-state index in [4.69, 9.17) is 5.73 Å². The average Bonchev–Trinajstić information content (AvgIpc) is 3.39. The van der Waals surface area contributed by atoms with E-state index in [0.717, 1.165) is 47.0 Å². The highest BCUT2D eigenvalue weighted by Crippen LogP contribution is 2.39. The molecule has 6 nitrogen and oxygen atoms in total. The summed E-state index contributed by atoms with van der Waals surface area (Å²) < 4.78 is 17.4. The Morgan fingerprint density at radius 1 is 1.03 bits per heavy atom. The number of benzene rings is 3. The molecule has 8 heteroatoms. The van der Waals surface area contributed by atoms with Gasteiger partial charge in [-0.1, -0.05) is 29.5 Å². The summed E-state index contributed by atoms with van der Waals surface area (Å²) in [5.41, 5.74) is 10.6. The third-order valence-electron chi connectivity index (χ3n) is 8.11. The Balaban J connectivity index is 1.48. The molecule has 0 aliphatic carbocycles. The second kappa shape index (κ2) is 9.74. The number of fused-ring (bicyclic) bond motifs is 3. The first-order chi connectivity index (χ1) is 18.7. The predicted octanol–water partition coefficient (Wildman–Crippen LogP) is 6.08. The zero-order chi connectivity index (χ0) is 27.4. The van der Waals surface area contributed by atoms with Gasteiger partial charge in [0.25, 0.3) is 5.91 Å². The van der Waals surface area contributed by atoms with Crippen molar-refractivity contribution in [2.24, 2.45) is 5.73 Å². The van der Waals surface area contributed by atoms with Gasteiger partial charge in [-0.15, -0.1) is 0 Å². The van der Waals surface area contributed by atoms with Crippen molar-refractivity contribution in [2.45, 2.75) is 63.7 Å². The van der Waals surface area contributed by atoms with Crippen molar-refractivity contribution in [1.82, 2.24) is 9.47 Å². The molecule has 1 aromatic heterocycles. The first kappa shape index (κ1) is 25.5. The summed E-state index contributed by atoms with van der Waals surface area (Å²) in [5, 5.41) is 9.24. The van der Waals surface area contributed by atoms with Crippen LogP contribution in [0.25, 0.3) is 32.5 Å². The number of piperidine rings is 1. The summed E-state index contributed by atoms with van der Waals surface area (Å²) in [6.45, 7) is 3.97. The van der Waals surface area contributed by atoms with Gasteiger partial charge in [0.1, 0.15) is 11.9 Å². The summed E-state index contributed by atoms with van der Waals surface area (Å²) in [4.78, 5) is 28.4. The fraction of sp³-hybridized carbons (Fsp3) is 0.323. The average molecular weight is 541 g/mol. The van der Waals surface area contributed by atoms with E-state index >= 15 is 0 Å². The van der Waals surface area contributed by atoms with Crippen molar-refractivity contribution in [1.29, 1.82) is 5.26 Å². The van der Waals surface area contributed by atoms with Crippen LogP contribution in [0.4, 0.5) is 4.39 Å². The summed E-state index contributed by atoms with van der Waals surface area (Å²) in [6.07, 6.45) is 3.56. The zero-order valence-corrected chi connectivity index (χ0v) is 22.7. The van der Waals surface area contributed by atoms with Crippen LogP contribution in [0.5, 0.6) is 0 Å². The van der Waals surface area contributed by atoms with Crippen LogP contribution in [-0.4, -0.2) is 33.5 Å². The highest BCUT2D eigenvalue weighted by Gasteiger charge is 2.42. The first-order valence-electron chi connectivity index (χ1n) is 13.3. The Morgan fingerprint density at radius 2 is 1.72 bits per heavy atom. The Bertz CT molecular complexity index is 1700. The van der Waals surface area contributed by atoms with Gasteiger partial charge in [-0.3, -0.25) is 14.2 Å². The molecule has 1 amide bonds. The zero-order valence-electron chi connectivity index (χ0n) is 21.9. The number of halogens is 1. The van der Waals surface area contributed by atoms with Crippen LogP contribution < -0.4 is 10.6 Å². The Morgan fingerprint density at radius 3 is 2.38 bits per heavy atom. The van der Waals surface area contributed by atoms with E-state index in [-0.39, 0.29) is 40.5 Å². The maximum Gasteiger partial charge on any atom is 0.308 e. The van der Waals surface area contributed by atoms with Crippen molar-refractivity contribution in [3.63, 3.8) is 0 Å². The van der Waals surface area contributed by atoms with Crippen molar-refractivity contribution in [2.75, 3.05) is 0 Å². The number of carbonyl (C=O) groups excluding carboxylic acids is 1. The standard InChI is InChI=1S/C31H29FN4O2S/c1-17(2)35-28-10-6-19(13-29(28)39-31(35)38)25-9-5-20(11-26(25)18-3-4-21(16-33)27(32)12-18)30(37)36-23-7-8-24(36)15-22(34)14-23/h3-6,9-13,17,22-24H,7-8,14-15,34H2,1-2H3/t22?,23-,24+. The van der Waals surface area contributed by atoms with E-state index in [1.165, 1.54) is 23.5 Å². The lowest BCUT2D eigenvalue weighted by atomic mass is 9.91. The fourth-order valence-electron chi connectivity index (χ4n) is 6.33. The molecule has 6 rings (SSSR count). The number of rotatable bonds is 4. The highest BCUT2D eigenvalue weighted by atomic mass is 32.1. The normalized spacial score (nSPS) is 20.5. The maximum absolute atomic E-state index is 14.8. The van der Waals surface area contributed by atoms with Crippen LogP contribution in [0, 0.1) is 17.1 Å². The third-order valence-corrected chi connectivity index (χ3v) is 9.03. The van der Waals surface area contributed by atoms with E-state index in [1.807, 2.05) is 61.2 Å². The topological polar surface area (TPSA) is 92.1 Å². The summed E-state index contributed by atoms with van der Waals surface area (Å²) >= 11 is 1.20. The summed E-state index contributed by atoms with van der Waals surface area (Å²) in [6, 6.07) is 18.3. The molecule has 2 aliphatic rings. The Hall–Kier alpha value is -3.80. The largest absolute Gasteiger partial charge is 0.333 e. The van der Waals surface area contributed by atoms with Gasteiger partial charge in [-0.05, 0) is 98.2 Å². The molecule has 2 aliphatic heterocycles. The Labute approximate surface area is 230 Å². The lowest BCUT2D eigenvalue weighted by Gasteiger charge is -2.38. The number of nitriles is 1. The monoisotopic (exact) mass is 540 g/mol. The summed E-state index contributed by atoms with van der Waals surface area (Å²) in [5.74, 6) is -0.637. The number of hydrogen-bond acceptors (Lipinski definition) is 5. The SMILES string of the molecule is CC(C)n1c(=O)sc2cc(-c3ccc(C(=O)N4[C@@H]5CC[C@H]4CC(N)C5)cc3-c3ccc(C#N)c(F)c3)ccc21. The molecule has 198 valence electrons. The minimum absolute atomic E-state index is 0.0108. The van der Waals surface area contributed by atoms with Crippen molar-refractivity contribution >= 4 is 27.5 Å². The first-order valence-corrected chi connectivity index (χ1v) is 14.1. The molecule has 39 heavy (non-hydrogen) atoms. The fourth-order valence-corrected chi connectivity index (χ4v) is 7.39. The van der Waals surface area contributed by atoms with Gasteiger partial charge in [0.2, 0.25) is 0 Å². The molecule has 3 aromatic carbocycles. The third kappa shape index (κ3) is 4.36. The van der Waals surface area contributed by atoms with Gasteiger partial charge < -0.3 is 10.6 Å². The number of aromatic nitrogens is 1. The van der Waals surface area contributed by atoms with Crippen LogP contribution >= 0.6 is 11.3 Å². The number of thiazole rings is 1. The molecule has 2 fully saturated rings. The van der Waals surface area contributed by atoms with Gasteiger partial charge in [-0.25, -0.2) is 4.39 Å². The minimum Gasteiger partial charge on any atom is -0.333 e. The van der Waals surface area contributed by atoms with Gasteiger partial charge in [0.05, 0.1) is 15.8 Å². The van der Waals surface area contributed by atoms with Crippen LogP contribution in [0.3, 0.4) is 0 Å². The van der Waals surface area contributed by atoms with E-state index in [0.29, 0.717) is 16.7 Å². The van der Waals surface area contributed by atoms with Gasteiger partial charge in [-0.2, -0.15) is 5.26 Å². The molecule has 0 saturated carbocycles. The lowest BCUT2D eigenvalue weighted by Crippen LogP contribution is -2.50. The quantitative estimate of drug-likeness (QED) is 0.339. The molecule has 2 N–H and O–H groups in total. The van der Waals surface area contributed by atoms with Crippen LogP contribution in [0.2, 0.25) is 0 Å². The second-order valence-electron chi connectivity index (χ2n) is 10.9. The lowest BCUT2D eigenvalue weighted by molar-refractivity contribution is 0.0575. The highest BCUT2D eigenvalue weighted by molar-refractivity contribution is 7.16.